The Morgan fingerprint density at radius 2 is 1.80 bits per heavy atom. The van der Waals surface area contributed by atoms with Crippen LogP contribution in [0.4, 0.5) is 0 Å². The van der Waals surface area contributed by atoms with Gasteiger partial charge < -0.3 is 15.5 Å². The third-order valence-electron chi connectivity index (χ3n) is 3.58. The first-order valence-corrected chi connectivity index (χ1v) is 6.02. The quantitative estimate of drug-likeness (QED) is 0.665. The van der Waals surface area contributed by atoms with Crippen molar-refractivity contribution in [3.63, 3.8) is 0 Å². The van der Waals surface area contributed by atoms with Crippen molar-refractivity contribution in [1.82, 2.24) is 5.32 Å². The van der Waals surface area contributed by atoms with Gasteiger partial charge in [-0.1, -0.05) is 19.3 Å². The minimum atomic E-state index is -0.731. The Hall–Kier alpha value is -0.120. The van der Waals surface area contributed by atoms with E-state index in [9.17, 15) is 10.2 Å². The van der Waals surface area contributed by atoms with E-state index in [2.05, 4.69) is 5.32 Å². The van der Waals surface area contributed by atoms with Crippen molar-refractivity contribution in [2.45, 2.75) is 70.1 Å². The van der Waals surface area contributed by atoms with Crippen LogP contribution in [0.3, 0.4) is 0 Å². The van der Waals surface area contributed by atoms with Crippen LogP contribution in [0.15, 0.2) is 0 Å². The molecule has 90 valence electrons. The molecule has 1 saturated carbocycles. The monoisotopic (exact) mass is 215 g/mol. The van der Waals surface area contributed by atoms with E-state index in [-0.39, 0.29) is 6.04 Å². The van der Waals surface area contributed by atoms with E-state index in [1.165, 1.54) is 6.42 Å². The highest BCUT2D eigenvalue weighted by atomic mass is 16.3. The molecule has 3 N–H and O–H groups in total. The highest BCUT2D eigenvalue weighted by molar-refractivity contribution is 4.88. The molecule has 1 aliphatic carbocycles. The lowest BCUT2D eigenvalue weighted by atomic mass is 9.84. The van der Waals surface area contributed by atoms with Crippen molar-refractivity contribution < 1.29 is 10.2 Å². The Bertz CT molecular complexity index is 192. The molecule has 0 amide bonds. The van der Waals surface area contributed by atoms with Crippen LogP contribution in [0.25, 0.3) is 0 Å². The number of hydrogen-bond acceptors (Lipinski definition) is 3. The fourth-order valence-corrected chi connectivity index (χ4v) is 1.98. The van der Waals surface area contributed by atoms with Gasteiger partial charge in [0.15, 0.2) is 0 Å². The van der Waals surface area contributed by atoms with Crippen LogP contribution in [0.2, 0.25) is 0 Å². The number of rotatable bonds is 4. The molecule has 0 bridgehead atoms. The van der Waals surface area contributed by atoms with Gasteiger partial charge in [-0.2, -0.15) is 0 Å². The molecule has 3 heteroatoms. The van der Waals surface area contributed by atoms with Crippen molar-refractivity contribution in [2.75, 3.05) is 6.54 Å². The molecule has 1 atom stereocenters. The van der Waals surface area contributed by atoms with Crippen molar-refractivity contribution in [3.8, 4) is 0 Å². The summed E-state index contributed by atoms with van der Waals surface area (Å²) in [5, 5.41) is 23.2. The zero-order chi connectivity index (χ0) is 11.5. The van der Waals surface area contributed by atoms with Crippen LogP contribution < -0.4 is 5.32 Å². The molecule has 0 radical (unpaired) electrons. The molecular formula is C12H25NO2. The molecule has 1 rings (SSSR count). The highest BCUT2D eigenvalue weighted by Gasteiger charge is 2.31. The lowest BCUT2D eigenvalue weighted by molar-refractivity contribution is -0.0116. The van der Waals surface area contributed by atoms with Crippen molar-refractivity contribution in [1.29, 1.82) is 0 Å². The summed E-state index contributed by atoms with van der Waals surface area (Å²) in [5.41, 5.74) is -1.28. The van der Waals surface area contributed by atoms with Crippen LogP contribution in [0.1, 0.15) is 52.9 Å². The largest absolute Gasteiger partial charge is 0.389 e. The van der Waals surface area contributed by atoms with Gasteiger partial charge in [0, 0.05) is 12.6 Å². The molecule has 1 fully saturated rings. The molecule has 15 heavy (non-hydrogen) atoms. The lowest BCUT2D eigenvalue weighted by Crippen LogP contribution is -2.51. The van der Waals surface area contributed by atoms with Crippen LogP contribution >= 0.6 is 0 Å². The van der Waals surface area contributed by atoms with Gasteiger partial charge in [0.1, 0.15) is 0 Å². The van der Waals surface area contributed by atoms with E-state index < -0.39 is 11.2 Å². The first-order chi connectivity index (χ1) is 6.83. The van der Waals surface area contributed by atoms with Crippen molar-refractivity contribution in [3.05, 3.63) is 0 Å². The molecule has 0 aliphatic heterocycles. The van der Waals surface area contributed by atoms with E-state index in [0.717, 1.165) is 25.7 Å². The molecule has 0 heterocycles. The summed E-state index contributed by atoms with van der Waals surface area (Å²) >= 11 is 0. The Kier molecular flexibility index (Phi) is 4.15. The normalized spacial score (nSPS) is 23.8. The van der Waals surface area contributed by atoms with Gasteiger partial charge in [0.25, 0.3) is 0 Å². The van der Waals surface area contributed by atoms with Crippen LogP contribution in [-0.2, 0) is 0 Å². The maximum Gasteiger partial charge on any atom is 0.0771 e. The fourth-order valence-electron chi connectivity index (χ4n) is 1.98. The van der Waals surface area contributed by atoms with Gasteiger partial charge >= 0.3 is 0 Å². The Morgan fingerprint density at radius 3 is 2.27 bits per heavy atom. The van der Waals surface area contributed by atoms with Crippen LogP contribution in [0.5, 0.6) is 0 Å². The van der Waals surface area contributed by atoms with Crippen molar-refractivity contribution >= 4 is 0 Å². The molecule has 0 aromatic rings. The third kappa shape index (κ3) is 4.09. The smallest absolute Gasteiger partial charge is 0.0771 e. The van der Waals surface area contributed by atoms with Gasteiger partial charge in [0.2, 0.25) is 0 Å². The van der Waals surface area contributed by atoms with Crippen LogP contribution in [-0.4, -0.2) is 34.0 Å². The van der Waals surface area contributed by atoms with E-state index in [0.29, 0.717) is 6.54 Å². The Balaban J connectivity index is 2.35. The number of hydrogen-bond donors (Lipinski definition) is 3. The molecule has 0 saturated heterocycles. The summed E-state index contributed by atoms with van der Waals surface area (Å²) in [4.78, 5) is 0. The molecule has 1 unspecified atom stereocenters. The predicted octanol–water partition coefficient (Wildman–Crippen LogP) is 1.43. The van der Waals surface area contributed by atoms with Crippen LogP contribution in [0, 0.1) is 0 Å². The summed E-state index contributed by atoms with van der Waals surface area (Å²) in [5.74, 6) is 0. The minimum Gasteiger partial charge on any atom is -0.389 e. The summed E-state index contributed by atoms with van der Waals surface area (Å²) in [7, 11) is 0. The van der Waals surface area contributed by atoms with E-state index in [4.69, 9.17) is 0 Å². The molecule has 1 aliphatic rings. The van der Waals surface area contributed by atoms with E-state index in [1.807, 2.05) is 6.92 Å². The summed E-state index contributed by atoms with van der Waals surface area (Å²) < 4.78 is 0. The molecule has 0 aromatic heterocycles. The molecule has 0 spiro atoms. The maximum atomic E-state index is 10.2. The number of nitrogens with one attached hydrogen (secondary N) is 1. The zero-order valence-corrected chi connectivity index (χ0v) is 10.2. The van der Waals surface area contributed by atoms with Gasteiger partial charge in [-0.25, -0.2) is 0 Å². The molecular weight excluding hydrogens is 190 g/mol. The Morgan fingerprint density at radius 1 is 1.27 bits per heavy atom. The fraction of sp³-hybridized carbons (Fsp3) is 1.00. The standard InChI is InChI=1S/C12H25NO2/c1-10(11(2,3)14)13-9-12(15)7-5-4-6-8-12/h10,13-15H,4-9H2,1-3H3. The van der Waals surface area contributed by atoms with E-state index >= 15 is 0 Å². The molecule has 0 aromatic carbocycles. The van der Waals surface area contributed by atoms with E-state index in [1.54, 1.807) is 13.8 Å². The summed E-state index contributed by atoms with van der Waals surface area (Å²) in [6.45, 7) is 6.12. The third-order valence-corrected chi connectivity index (χ3v) is 3.58. The first kappa shape index (κ1) is 12.9. The summed E-state index contributed by atoms with van der Waals surface area (Å²) in [6.07, 6.45) is 5.25. The second-order valence-corrected chi connectivity index (χ2v) is 5.54. The van der Waals surface area contributed by atoms with Gasteiger partial charge in [-0.15, -0.1) is 0 Å². The van der Waals surface area contributed by atoms with Gasteiger partial charge in [-0.05, 0) is 33.6 Å². The van der Waals surface area contributed by atoms with Gasteiger partial charge in [0.05, 0.1) is 11.2 Å². The lowest BCUT2D eigenvalue weighted by Gasteiger charge is -2.35. The summed E-state index contributed by atoms with van der Waals surface area (Å²) in [6, 6.07) is 0.00320. The second-order valence-electron chi connectivity index (χ2n) is 5.54. The average Bonchev–Trinajstić information content (AvgIpc) is 2.14. The maximum absolute atomic E-state index is 10.2. The Labute approximate surface area is 92.9 Å². The average molecular weight is 215 g/mol. The zero-order valence-electron chi connectivity index (χ0n) is 10.2. The second kappa shape index (κ2) is 4.81. The molecule has 3 nitrogen and oxygen atoms in total. The highest BCUT2D eigenvalue weighted by Crippen LogP contribution is 2.27. The first-order valence-electron chi connectivity index (χ1n) is 6.02. The number of aliphatic hydroxyl groups is 2. The topological polar surface area (TPSA) is 52.5 Å². The van der Waals surface area contributed by atoms with Crippen molar-refractivity contribution in [2.24, 2.45) is 0 Å². The SMILES string of the molecule is CC(NCC1(O)CCCCC1)C(C)(C)O. The van der Waals surface area contributed by atoms with Gasteiger partial charge in [-0.3, -0.25) is 0 Å². The predicted molar refractivity (Wildman–Crippen MR) is 61.8 cm³/mol. The minimum absolute atomic E-state index is 0.00320.